The summed E-state index contributed by atoms with van der Waals surface area (Å²) in [5.74, 6) is 0.989. The van der Waals surface area contributed by atoms with Crippen molar-refractivity contribution >= 4 is 38.8 Å². The summed E-state index contributed by atoms with van der Waals surface area (Å²) in [6, 6.07) is 13.2. The summed E-state index contributed by atoms with van der Waals surface area (Å²) in [5, 5.41) is 0. The van der Waals surface area contributed by atoms with E-state index in [1.807, 2.05) is 54.4 Å². The highest BCUT2D eigenvalue weighted by molar-refractivity contribution is 9.10. The maximum atomic E-state index is 12.8. The summed E-state index contributed by atoms with van der Waals surface area (Å²) >= 11 is 3.47. The van der Waals surface area contributed by atoms with Crippen LogP contribution >= 0.6 is 15.9 Å². The molecule has 0 bridgehead atoms. The van der Waals surface area contributed by atoms with Crippen LogP contribution in [0.4, 0.5) is 0 Å². The van der Waals surface area contributed by atoms with Gasteiger partial charge in [-0.25, -0.2) is 4.98 Å². The van der Waals surface area contributed by atoms with Crippen molar-refractivity contribution in [3.8, 4) is 0 Å². The highest BCUT2D eigenvalue weighted by Crippen LogP contribution is 2.21. The average molecular weight is 484 g/mol. The van der Waals surface area contributed by atoms with Crippen LogP contribution in [0.1, 0.15) is 26.5 Å². The van der Waals surface area contributed by atoms with E-state index >= 15 is 0 Å². The number of hydrogen-bond acceptors (Lipinski definition) is 4. The highest BCUT2D eigenvalue weighted by Gasteiger charge is 2.24. The zero-order chi connectivity index (χ0) is 22.1. The Balaban J connectivity index is 1.43. The van der Waals surface area contributed by atoms with Crippen LogP contribution in [0.5, 0.6) is 0 Å². The molecular weight excluding hydrogens is 458 g/mol. The molecule has 0 aliphatic carbocycles. The van der Waals surface area contributed by atoms with Gasteiger partial charge < -0.3 is 14.4 Å². The van der Waals surface area contributed by atoms with Gasteiger partial charge in [0.15, 0.2) is 0 Å². The molecule has 1 aromatic heterocycles. The van der Waals surface area contributed by atoms with E-state index < -0.39 is 0 Å². The SMILES string of the molecule is CN(C)C(=O)c1ccc2c(c1)nc(CN1CCN(C(=O)c3ccccc3Br)CC1)n2C. The third-order valence-corrected chi connectivity index (χ3v) is 6.45. The smallest absolute Gasteiger partial charge is 0.255 e. The summed E-state index contributed by atoms with van der Waals surface area (Å²) in [7, 11) is 5.50. The van der Waals surface area contributed by atoms with E-state index in [0.717, 1.165) is 34.4 Å². The van der Waals surface area contributed by atoms with Crippen molar-refractivity contribution in [1.82, 2.24) is 24.3 Å². The standard InChI is InChI=1S/C23H26BrN5O2/c1-26(2)22(30)16-8-9-20-19(14-16)25-21(27(20)3)15-28-10-12-29(13-11-28)23(31)17-6-4-5-7-18(17)24/h4-9,14H,10-13,15H2,1-3H3. The van der Waals surface area contributed by atoms with E-state index in [4.69, 9.17) is 4.98 Å². The lowest BCUT2D eigenvalue weighted by atomic mass is 10.2. The van der Waals surface area contributed by atoms with Gasteiger partial charge in [0, 0.05) is 57.4 Å². The Hall–Kier alpha value is -2.71. The third kappa shape index (κ3) is 4.36. The van der Waals surface area contributed by atoms with Crippen LogP contribution in [-0.4, -0.2) is 76.3 Å². The molecule has 0 spiro atoms. The van der Waals surface area contributed by atoms with E-state index in [2.05, 4.69) is 25.4 Å². The number of piperazine rings is 1. The first-order chi connectivity index (χ1) is 14.8. The Morgan fingerprint density at radius 3 is 2.45 bits per heavy atom. The van der Waals surface area contributed by atoms with Gasteiger partial charge in [-0.3, -0.25) is 14.5 Å². The van der Waals surface area contributed by atoms with Gasteiger partial charge in [0.05, 0.1) is 23.1 Å². The molecule has 0 N–H and O–H groups in total. The van der Waals surface area contributed by atoms with Crippen LogP contribution in [-0.2, 0) is 13.6 Å². The van der Waals surface area contributed by atoms with Crippen LogP contribution in [0.15, 0.2) is 46.9 Å². The topological polar surface area (TPSA) is 61.7 Å². The summed E-state index contributed by atoms with van der Waals surface area (Å²) < 4.78 is 2.91. The summed E-state index contributed by atoms with van der Waals surface area (Å²) in [4.78, 5) is 35.7. The van der Waals surface area contributed by atoms with Crippen LogP contribution in [0, 0.1) is 0 Å². The van der Waals surface area contributed by atoms with Crippen molar-refractivity contribution in [3.63, 3.8) is 0 Å². The molecule has 2 amide bonds. The van der Waals surface area contributed by atoms with Crippen LogP contribution in [0.2, 0.25) is 0 Å². The van der Waals surface area contributed by atoms with E-state index in [1.165, 1.54) is 0 Å². The number of hydrogen-bond donors (Lipinski definition) is 0. The molecule has 7 nitrogen and oxygen atoms in total. The lowest BCUT2D eigenvalue weighted by molar-refractivity contribution is 0.0623. The van der Waals surface area contributed by atoms with Gasteiger partial charge >= 0.3 is 0 Å². The number of rotatable bonds is 4. The Morgan fingerprint density at radius 2 is 1.77 bits per heavy atom. The summed E-state index contributed by atoms with van der Waals surface area (Å²) in [6.45, 7) is 3.67. The molecule has 4 rings (SSSR count). The van der Waals surface area contributed by atoms with Crippen LogP contribution < -0.4 is 0 Å². The van der Waals surface area contributed by atoms with E-state index in [0.29, 0.717) is 30.8 Å². The first kappa shape index (κ1) is 21.5. The molecule has 8 heteroatoms. The Labute approximate surface area is 190 Å². The highest BCUT2D eigenvalue weighted by atomic mass is 79.9. The number of carbonyl (C=O) groups is 2. The molecule has 0 unspecified atom stereocenters. The molecular formula is C23H26BrN5O2. The zero-order valence-corrected chi connectivity index (χ0v) is 19.6. The Morgan fingerprint density at radius 1 is 1.06 bits per heavy atom. The zero-order valence-electron chi connectivity index (χ0n) is 18.0. The molecule has 0 atom stereocenters. The largest absolute Gasteiger partial charge is 0.345 e. The normalized spacial score (nSPS) is 14.8. The van der Waals surface area contributed by atoms with Gasteiger partial charge in [0.2, 0.25) is 0 Å². The number of imidazole rings is 1. The average Bonchev–Trinajstić information content (AvgIpc) is 3.08. The number of fused-ring (bicyclic) bond motifs is 1. The van der Waals surface area contributed by atoms with Gasteiger partial charge in [-0.15, -0.1) is 0 Å². The number of aromatic nitrogens is 2. The number of aryl methyl sites for hydroxylation is 1. The van der Waals surface area contributed by atoms with Crippen molar-refractivity contribution in [2.75, 3.05) is 40.3 Å². The molecule has 3 aromatic rings. The minimum atomic E-state index is -0.0278. The van der Waals surface area contributed by atoms with Crippen LogP contribution in [0.3, 0.4) is 0 Å². The fraction of sp³-hybridized carbons (Fsp3) is 0.348. The molecule has 0 saturated carbocycles. The monoisotopic (exact) mass is 483 g/mol. The maximum absolute atomic E-state index is 12.8. The molecule has 1 aliphatic heterocycles. The van der Waals surface area contributed by atoms with E-state index in [9.17, 15) is 9.59 Å². The minimum absolute atomic E-state index is 0.0278. The molecule has 162 valence electrons. The molecule has 1 aliphatic rings. The second kappa shape index (κ2) is 8.80. The molecule has 1 fully saturated rings. The number of benzene rings is 2. The van der Waals surface area contributed by atoms with Crippen molar-refractivity contribution in [2.24, 2.45) is 7.05 Å². The predicted molar refractivity (Wildman–Crippen MR) is 124 cm³/mol. The first-order valence-corrected chi connectivity index (χ1v) is 11.1. The minimum Gasteiger partial charge on any atom is -0.345 e. The van der Waals surface area contributed by atoms with Gasteiger partial charge in [0.25, 0.3) is 11.8 Å². The van der Waals surface area contributed by atoms with Gasteiger partial charge in [-0.05, 0) is 46.3 Å². The Bertz CT molecular complexity index is 1130. The van der Waals surface area contributed by atoms with Gasteiger partial charge in [-0.2, -0.15) is 0 Å². The summed E-state index contributed by atoms with van der Waals surface area (Å²) in [6.07, 6.45) is 0. The van der Waals surface area contributed by atoms with Crippen molar-refractivity contribution in [2.45, 2.75) is 6.54 Å². The quantitative estimate of drug-likeness (QED) is 0.572. The Kier molecular flexibility index (Phi) is 6.11. The van der Waals surface area contributed by atoms with Crippen molar-refractivity contribution in [1.29, 1.82) is 0 Å². The molecule has 2 heterocycles. The third-order valence-electron chi connectivity index (χ3n) is 5.76. The predicted octanol–water partition coefficient (Wildman–Crippen LogP) is 3.00. The molecule has 0 radical (unpaired) electrons. The van der Waals surface area contributed by atoms with E-state index in [1.54, 1.807) is 19.0 Å². The lowest BCUT2D eigenvalue weighted by Crippen LogP contribution is -2.48. The second-order valence-corrected chi connectivity index (χ2v) is 8.89. The van der Waals surface area contributed by atoms with Crippen LogP contribution in [0.25, 0.3) is 11.0 Å². The fourth-order valence-corrected chi connectivity index (χ4v) is 4.35. The lowest BCUT2D eigenvalue weighted by Gasteiger charge is -2.34. The maximum Gasteiger partial charge on any atom is 0.255 e. The molecule has 31 heavy (non-hydrogen) atoms. The van der Waals surface area contributed by atoms with Gasteiger partial charge in [-0.1, -0.05) is 12.1 Å². The van der Waals surface area contributed by atoms with Gasteiger partial charge in [0.1, 0.15) is 5.82 Å². The number of amides is 2. The number of halogens is 1. The molecule has 1 saturated heterocycles. The molecule has 2 aromatic carbocycles. The van der Waals surface area contributed by atoms with E-state index in [-0.39, 0.29) is 11.8 Å². The fourth-order valence-electron chi connectivity index (χ4n) is 3.90. The van der Waals surface area contributed by atoms with Crippen molar-refractivity contribution in [3.05, 3.63) is 63.9 Å². The summed E-state index contributed by atoms with van der Waals surface area (Å²) in [5.41, 5.74) is 3.18. The number of nitrogens with zero attached hydrogens (tertiary/aromatic N) is 5. The number of carbonyl (C=O) groups excluding carboxylic acids is 2. The first-order valence-electron chi connectivity index (χ1n) is 10.3. The second-order valence-electron chi connectivity index (χ2n) is 8.04. The van der Waals surface area contributed by atoms with Crippen molar-refractivity contribution < 1.29 is 9.59 Å².